The van der Waals surface area contributed by atoms with Crippen molar-refractivity contribution in [2.24, 2.45) is 0 Å². The lowest BCUT2D eigenvalue weighted by Crippen LogP contribution is -2.01. The Kier molecular flexibility index (Phi) is 4.15. The summed E-state index contributed by atoms with van der Waals surface area (Å²) in [6.45, 7) is 2.80. The van der Waals surface area contributed by atoms with E-state index in [1.165, 1.54) is 0 Å². The van der Waals surface area contributed by atoms with E-state index in [2.05, 4.69) is 51.3 Å². The van der Waals surface area contributed by atoms with Crippen LogP contribution in [0.25, 0.3) is 27.8 Å². The Bertz CT molecular complexity index is 1050. The minimum atomic E-state index is -0.0976. The minimum Gasteiger partial charge on any atom is -0.390 e. The number of aromatic nitrogens is 4. The first-order valence-electron chi connectivity index (χ1n) is 8.12. The lowest BCUT2D eigenvalue weighted by atomic mass is 10.1. The normalized spacial score (nSPS) is 11.3. The molecule has 0 aliphatic heterocycles. The third kappa shape index (κ3) is 2.77. The number of nitrogens with zero attached hydrogens (tertiary/aromatic N) is 4. The molecule has 126 valence electrons. The Morgan fingerprint density at radius 1 is 1.12 bits per heavy atom. The molecule has 0 saturated carbocycles. The van der Waals surface area contributed by atoms with E-state index in [9.17, 15) is 5.11 Å². The van der Waals surface area contributed by atoms with Crippen LogP contribution in [0.2, 0.25) is 0 Å². The fraction of sp³-hybridized carbons (Fsp3) is 0.158. The van der Waals surface area contributed by atoms with E-state index in [0.29, 0.717) is 5.69 Å². The zero-order chi connectivity index (χ0) is 17.4. The Morgan fingerprint density at radius 3 is 2.72 bits per heavy atom. The molecule has 2 aromatic heterocycles. The van der Waals surface area contributed by atoms with Crippen LogP contribution in [0.1, 0.15) is 12.6 Å². The molecule has 0 saturated heterocycles. The number of hydrogen-bond acceptors (Lipinski definition) is 3. The predicted octanol–water partition coefficient (Wildman–Crippen LogP) is 4.16. The van der Waals surface area contributed by atoms with Crippen molar-refractivity contribution in [1.82, 2.24) is 19.6 Å². The quantitative estimate of drug-likeness (QED) is 0.563. The van der Waals surface area contributed by atoms with Gasteiger partial charge in [0.2, 0.25) is 0 Å². The molecule has 0 amide bonds. The number of fused-ring (bicyclic) bond motifs is 1. The van der Waals surface area contributed by atoms with Gasteiger partial charge < -0.3 is 5.11 Å². The second-order valence-corrected chi connectivity index (χ2v) is 6.63. The summed E-state index contributed by atoms with van der Waals surface area (Å²) in [5.74, 6) is 0. The van der Waals surface area contributed by atoms with Crippen molar-refractivity contribution in [2.75, 3.05) is 0 Å². The molecule has 0 aliphatic rings. The highest BCUT2D eigenvalue weighted by Crippen LogP contribution is 2.30. The van der Waals surface area contributed by atoms with Gasteiger partial charge in [-0.25, -0.2) is 4.68 Å². The van der Waals surface area contributed by atoms with Crippen molar-refractivity contribution in [3.8, 4) is 16.9 Å². The molecule has 0 atom stereocenters. The van der Waals surface area contributed by atoms with E-state index >= 15 is 0 Å². The Balaban J connectivity index is 1.93. The van der Waals surface area contributed by atoms with Crippen LogP contribution in [-0.4, -0.2) is 24.7 Å². The van der Waals surface area contributed by atoms with Crippen LogP contribution in [-0.2, 0) is 13.2 Å². The van der Waals surface area contributed by atoms with Gasteiger partial charge in [-0.1, -0.05) is 24.3 Å². The number of halogens is 1. The molecule has 0 bridgehead atoms. The fourth-order valence-electron chi connectivity index (χ4n) is 3.00. The highest BCUT2D eigenvalue weighted by atomic mass is 79.9. The van der Waals surface area contributed by atoms with Crippen LogP contribution in [0.3, 0.4) is 0 Å². The molecule has 4 rings (SSSR count). The molecule has 0 aliphatic carbocycles. The number of aliphatic hydroxyl groups excluding tert-OH is 1. The molecule has 1 N–H and O–H groups in total. The molecule has 0 fully saturated rings. The third-order valence-electron chi connectivity index (χ3n) is 4.24. The minimum absolute atomic E-state index is 0.0976. The summed E-state index contributed by atoms with van der Waals surface area (Å²) in [4.78, 5) is 0. The Morgan fingerprint density at radius 2 is 1.96 bits per heavy atom. The van der Waals surface area contributed by atoms with Gasteiger partial charge in [-0.15, -0.1) is 0 Å². The summed E-state index contributed by atoms with van der Waals surface area (Å²) in [5, 5.41) is 19.6. The lowest BCUT2D eigenvalue weighted by Gasteiger charge is -2.10. The molecule has 2 aromatic carbocycles. The first-order valence-corrected chi connectivity index (χ1v) is 8.91. The maximum atomic E-state index is 9.56. The summed E-state index contributed by atoms with van der Waals surface area (Å²) < 4.78 is 4.79. The largest absolute Gasteiger partial charge is 0.390 e. The van der Waals surface area contributed by atoms with Crippen LogP contribution in [0.4, 0.5) is 0 Å². The van der Waals surface area contributed by atoms with Gasteiger partial charge in [0.25, 0.3) is 0 Å². The second-order valence-electron chi connectivity index (χ2n) is 5.78. The number of rotatable bonds is 4. The summed E-state index contributed by atoms with van der Waals surface area (Å²) in [5.41, 5.74) is 4.62. The van der Waals surface area contributed by atoms with Gasteiger partial charge in [0.05, 0.1) is 35.4 Å². The van der Waals surface area contributed by atoms with Gasteiger partial charge in [-0.3, -0.25) is 4.68 Å². The monoisotopic (exact) mass is 396 g/mol. The number of aryl methyl sites for hydroxylation is 1. The number of aliphatic hydroxyl groups is 1. The number of hydrogen-bond donors (Lipinski definition) is 1. The van der Waals surface area contributed by atoms with Gasteiger partial charge in [-0.2, -0.15) is 10.2 Å². The number of para-hydroxylation sites is 1. The zero-order valence-electron chi connectivity index (χ0n) is 13.7. The van der Waals surface area contributed by atoms with E-state index in [-0.39, 0.29) is 6.61 Å². The predicted molar refractivity (Wildman–Crippen MR) is 102 cm³/mol. The van der Waals surface area contributed by atoms with E-state index < -0.39 is 0 Å². The smallest absolute Gasteiger partial charge is 0.0889 e. The molecular weight excluding hydrogens is 380 g/mol. The highest BCUT2D eigenvalue weighted by Gasteiger charge is 2.14. The second kappa shape index (κ2) is 6.46. The van der Waals surface area contributed by atoms with E-state index in [4.69, 9.17) is 0 Å². The molecule has 2 heterocycles. The van der Waals surface area contributed by atoms with Crippen molar-refractivity contribution >= 4 is 26.8 Å². The van der Waals surface area contributed by atoms with E-state index in [1.807, 2.05) is 45.9 Å². The van der Waals surface area contributed by atoms with Crippen LogP contribution in [0.5, 0.6) is 0 Å². The molecule has 4 aromatic rings. The summed E-state index contributed by atoms with van der Waals surface area (Å²) >= 11 is 3.59. The molecule has 6 heteroatoms. The van der Waals surface area contributed by atoms with Gasteiger partial charge in [0.15, 0.2) is 0 Å². The average Bonchev–Trinajstić information content (AvgIpc) is 3.25. The lowest BCUT2D eigenvalue weighted by molar-refractivity contribution is 0.276. The topological polar surface area (TPSA) is 55.9 Å². The van der Waals surface area contributed by atoms with Crippen molar-refractivity contribution in [3.63, 3.8) is 0 Å². The first-order chi connectivity index (χ1) is 12.2. The van der Waals surface area contributed by atoms with E-state index in [1.54, 1.807) is 0 Å². The summed E-state index contributed by atoms with van der Waals surface area (Å²) in [6.07, 6.45) is 1.88. The maximum Gasteiger partial charge on any atom is 0.0889 e. The SMILES string of the molecule is CCn1ncc2ccc(-c3cc(CO)nn3-c3ccccc3Br)cc21. The fourth-order valence-corrected chi connectivity index (χ4v) is 3.45. The van der Waals surface area contributed by atoms with Gasteiger partial charge >= 0.3 is 0 Å². The molecule has 0 unspecified atom stereocenters. The zero-order valence-corrected chi connectivity index (χ0v) is 15.3. The molecule has 25 heavy (non-hydrogen) atoms. The van der Waals surface area contributed by atoms with Gasteiger partial charge in [-0.05, 0) is 47.1 Å². The Hall–Kier alpha value is -2.44. The third-order valence-corrected chi connectivity index (χ3v) is 4.91. The standard InChI is InChI=1S/C19H17BrN4O/c1-2-23-18-9-13(7-8-14(18)11-21-23)19-10-15(12-25)22-24(19)17-6-4-3-5-16(17)20/h3-11,25H,2,12H2,1H3. The molecule has 0 radical (unpaired) electrons. The molecule has 5 nitrogen and oxygen atoms in total. The van der Waals surface area contributed by atoms with Crippen LogP contribution < -0.4 is 0 Å². The Labute approximate surface area is 153 Å². The van der Waals surface area contributed by atoms with Crippen LogP contribution >= 0.6 is 15.9 Å². The number of benzene rings is 2. The van der Waals surface area contributed by atoms with Crippen molar-refractivity contribution < 1.29 is 5.11 Å². The van der Waals surface area contributed by atoms with Crippen molar-refractivity contribution in [2.45, 2.75) is 20.1 Å². The summed E-state index contributed by atoms with van der Waals surface area (Å²) in [6, 6.07) is 16.1. The van der Waals surface area contributed by atoms with Crippen molar-refractivity contribution in [3.05, 3.63) is 64.9 Å². The summed E-state index contributed by atoms with van der Waals surface area (Å²) in [7, 11) is 0. The first kappa shape index (κ1) is 16.1. The highest BCUT2D eigenvalue weighted by molar-refractivity contribution is 9.10. The van der Waals surface area contributed by atoms with Gasteiger partial charge in [0, 0.05) is 22.0 Å². The average molecular weight is 397 g/mol. The molecule has 0 spiro atoms. The van der Waals surface area contributed by atoms with Crippen LogP contribution in [0.15, 0.2) is 59.2 Å². The van der Waals surface area contributed by atoms with E-state index in [0.717, 1.165) is 38.9 Å². The van der Waals surface area contributed by atoms with Crippen molar-refractivity contribution in [1.29, 1.82) is 0 Å². The van der Waals surface area contributed by atoms with Crippen LogP contribution in [0, 0.1) is 0 Å². The van der Waals surface area contributed by atoms with Gasteiger partial charge in [0.1, 0.15) is 0 Å². The maximum absolute atomic E-state index is 9.56. The molecular formula is C19H17BrN4O.